The second-order valence-electron chi connectivity index (χ2n) is 12.4. The van der Waals surface area contributed by atoms with Gasteiger partial charge in [-0.3, -0.25) is 14.5 Å². The van der Waals surface area contributed by atoms with E-state index in [1.54, 1.807) is 29.6 Å². The maximum atomic E-state index is 16.0. The average Bonchev–Trinajstić information content (AvgIpc) is 3.16. The molecule has 2 saturated heterocycles. The van der Waals surface area contributed by atoms with Crippen molar-refractivity contribution in [3.63, 3.8) is 0 Å². The maximum absolute atomic E-state index is 16.0. The first-order valence-electron chi connectivity index (χ1n) is 16.7. The Morgan fingerprint density at radius 1 is 0.898 bits per heavy atom. The molecule has 250 valence electrons. The number of halogens is 1. The minimum absolute atomic E-state index is 0.0218. The number of hydrogen-bond acceptors (Lipinski definition) is 9. The first-order valence-corrected chi connectivity index (χ1v) is 16.7. The number of morpholine rings is 1. The van der Waals surface area contributed by atoms with Gasteiger partial charge in [-0.25, -0.2) is 14.4 Å². The van der Waals surface area contributed by atoms with Crippen molar-refractivity contribution in [1.29, 1.82) is 0 Å². The van der Waals surface area contributed by atoms with E-state index in [4.69, 9.17) is 9.47 Å². The first-order chi connectivity index (χ1) is 24.0. The lowest BCUT2D eigenvalue weighted by molar-refractivity contribution is 0.0378. The highest BCUT2D eigenvalue weighted by Gasteiger charge is 2.31. The lowest BCUT2D eigenvalue weighted by atomic mass is 10.0. The Morgan fingerprint density at radius 2 is 1.67 bits per heavy atom. The van der Waals surface area contributed by atoms with E-state index < -0.39 is 17.2 Å². The van der Waals surface area contributed by atoms with Gasteiger partial charge in [0.05, 0.1) is 24.3 Å². The molecule has 5 aromatic rings. The molecule has 5 heterocycles. The molecule has 49 heavy (non-hydrogen) atoms. The zero-order valence-electron chi connectivity index (χ0n) is 27.0. The van der Waals surface area contributed by atoms with Crippen molar-refractivity contribution in [3.8, 4) is 28.3 Å². The standard InChI is InChI=1S/C37H36FN7O4/c38-29-23-27-33-35(32(29)39-12-5-13-42-18-20-48-21-19-42)49-31-9-8-26(25-6-2-1-3-7-25)22-30(31)45(33)24-28(34(27)46)36(47)43-14-16-44(17-15-43)37-40-10-4-11-41-37/h1-4,6-11,22-24,39H,5,12-21H2. The van der Waals surface area contributed by atoms with Crippen LogP contribution in [0, 0.1) is 5.82 Å². The number of hydrogen-bond donors (Lipinski definition) is 1. The quantitative estimate of drug-likeness (QED) is 0.231. The molecule has 11 nitrogen and oxygen atoms in total. The van der Waals surface area contributed by atoms with Crippen molar-refractivity contribution in [2.45, 2.75) is 6.42 Å². The number of amides is 1. The molecular formula is C37H36FN7O4. The number of nitrogens with one attached hydrogen (secondary N) is 1. The molecular weight excluding hydrogens is 625 g/mol. The maximum Gasteiger partial charge on any atom is 0.259 e. The lowest BCUT2D eigenvalue weighted by Gasteiger charge is -2.34. The SMILES string of the molecule is O=C(c1cn2c3c(c(NCCCN4CCOCC4)c(F)cc3c1=O)Oc1ccc(-c3ccccc3)cc1-2)N1CCN(c2ncccn2)CC1. The smallest absolute Gasteiger partial charge is 0.259 e. The molecule has 0 saturated carbocycles. The second kappa shape index (κ2) is 13.3. The normalized spacial score (nSPS) is 15.9. The largest absolute Gasteiger partial charge is 0.451 e. The summed E-state index contributed by atoms with van der Waals surface area (Å²) in [7, 11) is 0. The summed E-state index contributed by atoms with van der Waals surface area (Å²) < 4.78 is 29.7. The van der Waals surface area contributed by atoms with Gasteiger partial charge in [-0.15, -0.1) is 0 Å². The molecule has 2 fully saturated rings. The Bertz CT molecular complexity index is 2060. The molecule has 8 rings (SSSR count). The van der Waals surface area contributed by atoms with Gasteiger partial charge in [0, 0.05) is 64.4 Å². The topological polar surface area (TPSA) is 105 Å². The lowest BCUT2D eigenvalue weighted by Crippen LogP contribution is -2.50. The van der Waals surface area contributed by atoms with Crippen molar-refractivity contribution in [1.82, 2.24) is 24.3 Å². The molecule has 0 radical (unpaired) electrons. The third-order valence-electron chi connectivity index (χ3n) is 9.42. The summed E-state index contributed by atoms with van der Waals surface area (Å²) in [6.07, 6.45) is 5.76. The van der Waals surface area contributed by atoms with Crippen LogP contribution in [-0.2, 0) is 4.74 Å². The van der Waals surface area contributed by atoms with Gasteiger partial charge in [0.25, 0.3) is 5.91 Å². The van der Waals surface area contributed by atoms with Crippen LogP contribution in [0.15, 0.2) is 84.0 Å². The number of pyridine rings is 1. The van der Waals surface area contributed by atoms with Crippen LogP contribution in [0.5, 0.6) is 11.5 Å². The van der Waals surface area contributed by atoms with Gasteiger partial charge in [-0.2, -0.15) is 0 Å². The minimum Gasteiger partial charge on any atom is -0.451 e. The number of carbonyl (C=O) groups is 1. The van der Waals surface area contributed by atoms with Crippen molar-refractivity contribution < 1.29 is 18.7 Å². The number of nitrogens with zero attached hydrogens (tertiary/aromatic N) is 6. The van der Waals surface area contributed by atoms with Crippen molar-refractivity contribution in [3.05, 3.63) is 101 Å². The number of aromatic nitrogens is 3. The zero-order valence-corrected chi connectivity index (χ0v) is 27.0. The predicted octanol–water partition coefficient (Wildman–Crippen LogP) is 4.79. The summed E-state index contributed by atoms with van der Waals surface area (Å²) in [5, 5.41) is 3.34. The summed E-state index contributed by atoms with van der Waals surface area (Å²) in [5.74, 6) is 0.318. The third-order valence-corrected chi connectivity index (χ3v) is 9.42. The fourth-order valence-corrected chi connectivity index (χ4v) is 6.82. The molecule has 12 heteroatoms. The van der Waals surface area contributed by atoms with Crippen LogP contribution in [0.25, 0.3) is 27.7 Å². The van der Waals surface area contributed by atoms with Crippen LogP contribution in [-0.4, -0.2) is 95.8 Å². The van der Waals surface area contributed by atoms with E-state index in [2.05, 4.69) is 20.2 Å². The number of piperazine rings is 1. The summed E-state index contributed by atoms with van der Waals surface area (Å²) in [4.78, 5) is 42.8. The second-order valence-corrected chi connectivity index (χ2v) is 12.4. The molecule has 3 aromatic carbocycles. The van der Waals surface area contributed by atoms with Gasteiger partial charge < -0.3 is 29.2 Å². The van der Waals surface area contributed by atoms with E-state index in [-0.39, 0.29) is 22.4 Å². The molecule has 0 atom stereocenters. The van der Waals surface area contributed by atoms with Crippen LogP contribution in [0.4, 0.5) is 16.0 Å². The summed E-state index contributed by atoms with van der Waals surface area (Å²) >= 11 is 0. The Balaban J connectivity index is 1.16. The molecule has 0 spiro atoms. The van der Waals surface area contributed by atoms with Crippen LogP contribution in [0.2, 0.25) is 0 Å². The third kappa shape index (κ3) is 5.98. The van der Waals surface area contributed by atoms with E-state index in [1.165, 1.54) is 6.07 Å². The minimum atomic E-state index is -0.608. The Morgan fingerprint density at radius 3 is 2.45 bits per heavy atom. The van der Waals surface area contributed by atoms with Crippen LogP contribution in [0.3, 0.4) is 0 Å². The van der Waals surface area contributed by atoms with Gasteiger partial charge in [0.15, 0.2) is 17.3 Å². The summed E-state index contributed by atoms with van der Waals surface area (Å²) in [5.41, 5.74) is 2.66. The summed E-state index contributed by atoms with van der Waals surface area (Å²) in [6.45, 7) is 6.39. The zero-order chi connectivity index (χ0) is 33.3. The van der Waals surface area contributed by atoms with E-state index in [1.807, 2.05) is 58.0 Å². The van der Waals surface area contributed by atoms with E-state index in [9.17, 15) is 9.59 Å². The molecule has 0 aliphatic carbocycles. The fraction of sp³-hybridized carbons (Fsp3) is 0.297. The Kier molecular flexibility index (Phi) is 8.40. The number of anilines is 2. The van der Waals surface area contributed by atoms with Crippen LogP contribution >= 0.6 is 0 Å². The first kappa shape index (κ1) is 31.0. The van der Waals surface area contributed by atoms with E-state index in [0.717, 1.165) is 50.4 Å². The van der Waals surface area contributed by atoms with E-state index >= 15 is 4.39 Å². The molecule has 2 aromatic heterocycles. The molecule has 1 amide bonds. The molecule has 0 bridgehead atoms. The highest BCUT2D eigenvalue weighted by atomic mass is 19.1. The van der Waals surface area contributed by atoms with E-state index in [0.29, 0.717) is 55.6 Å². The van der Waals surface area contributed by atoms with Gasteiger partial charge in [0.1, 0.15) is 16.8 Å². The van der Waals surface area contributed by atoms with Crippen molar-refractivity contribution in [2.75, 3.05) is 75.8 Å². The Hall–Kier alpha value is -5.33. The highest BCUT2D eigenvalue weighted by molar-refractivity contribution is 6.01. The number of benzene rings is 3. The van der Waals surface area contributed by atoms with Gasteiger partial charge in [-0.1, -0.05) is 36.4 Å². The van der Waals surface area contributed by atoms with Crippen LogP contribution < -0.4 is 20.4 Å². The monoisotopic (exact) mass is 661 g/mol. The number of fused-ring (bicyclic) bond motifs is 2. The van der Waals surface area contributed by atoms with Crippen LogP contribution in [0.1, 0.15) is 16.8 Å². The van der Waals surface area contributed by atoms with Crippen molar-refractivity contribution >= 4 is 28.4 Å². The molecule has 3 aliphatic rings. The number of ether oxygens (including phenoxy) is 2. The molecule has 0 unspecified atom stereocenters. The summed E-state index contributed by atoms with van der Waals surface area (Å²) in [6, 6.07) is 18.7. The predicted molar refractivity (Wildman–Crippen MR) is 186 cm³/mol. The average molecular weight is 662 g/mol. The highest BCUT2D eigenvalue weighted by Crippen LogP contribution is 2.46. The van der Waals surface area contributed by atoms with Gasteiger partial charge >= 0.3 is 0 Å². The van der Waals surface area contributed by atoms with Crippen molar-refractivity contribution in [2.24, 2.45) is 0 Å². The van der Waals surface area contributed by atoms with Gasteiger partial charge in [0.2, 0.25) is 11.4 Å². The number of rotatable bonds is 8. The molecule has 3 aliphatic heterocycles. The van der Waals surface area contributed by atoms with Gasteiger partial charge in [-0.05, 0) is 48.4 Å². The molecule has 1 N–H and O–H groups in total. The Labute approximate surface area is 282 Å². The fourth-order valence-electron chi connectivity index (χ4n) is 6.82. The number of carbonyl (C=O) groups excluding carboxylic acids is 1.